The number of rotatable bonds is 7. The lowest BCUT2D eigenvalue weighted by Crippen LogP contribution is -2.33. The summed E-state index contributed by atoms with van der Waals surface area (Å²) in [5.74, 6) is -1.68. The molecule has 5 heteroatoms. The smallest absolute Gasteiger partial charge is 0.331 e. The van der Waals surface area contributed by atoms with E-state index < -0.39 is 24.1 Å². The first-order valence-corrected chi connectivity index (χ1v) is 6.40. The largest absolute Gasteiger partial charge is 0.478 e. The van der Waals surface area contributed by atoms with Crippen molar-refractivity contribution in [2.24, 2.45) is 5.92 Å². The molecule has 110 valence electrons. The molecular formula is C15H20O5. The zero-order chi connectivity index (χ0) is 15.1. The summed E-state index contributed by atoms with van der Waals surface area (Å²) in [6, 6.07) is 9.00. The highest BCUT2D eigenvalue weighted by molar-refractivity contribution is 5.87. The molecule has 0 saturated heterocycles. The van der Waals surface area contributed by atoms with Gasteiger partial charge in [-0.05, 0) is 11.6 Å². The van der Waals surface area contributed by atoms with Crippen molar-refractivity contribution in [2.75, 3.05) is 6.61 Å². The molecule has 0 heterocycles. The molecule has 0 radical (unpaired) electrons. The highest BCUT2D eigenvalue weighted by Crippen LogP contribution is 2.13. The lowest BCUT2D eigenvalue weighted by atomic mass is 9.97. The second kappa shape index (κ2) is 7.79. The van der Waals surface area contributed by atoms with Crippen LogP contribution in [0.3, 0.4) is 0 Å². The quantitative estimate of drug-likeness (QED) is 0.548. The van der Waals surface area contributed by atoms with E-state index in [0.29, 0.717) is 0 Å². The van der Waals surface area contributed by atoms with Crippen LogP contribution in [-0.2, 0) is 11.2 Å². The monoisotopic (exact) mass is 280 g/mol. The van der Waals surface area contributed by atoms with Crippen LogP contribution < -0.4 is 0 Å². The molecule has 1 rings (SSSR count). The van der Waals surface area contributed by atoms with E-state index in [9.17, 15) is 15.0 Å². The minimum absolute atomic E-state index is 0.00731. The van der Waals surface area contributed by atoms with Gasteiger partial charge in [-0.1, -0.05) is 37.3 Å². The van der Waals surface area contributed by atoms with Crippen molar-refractivity contribution in [3.63, 3.8) is 0 Å². The summed E-state index contributed by atoms with van der Waals surface area (Å²) >= 11 is 0. The number of aliphatic hydroxyl groups is 3. The molecule has 1 aromatic carbocycles. The first kappa shape index (κ1) is 16.4. The number of hydrogen-bond acceptors (Lipinski definition) is 4. The molecule has 0 aliphatic heterocycles. The fourth-order valence-electron chi connectivity index (χ4n) is 1.77. The Morgan fingerprint density at radius 1 is 1.25 bits per heavy atom. The maximum absolute atomic E-state index is 11.2. The molecule has 0 saturated carbocycles. The lowest BCUT2D eigenvalue weighted by Gasteiger charge is -2.20. The molecule has 5 nitrogen and oxygen atoms in total. The minimum atomic E-state index is -1.33. The van der Waals surface area contributed by atoms with Gasteiger partial charge < -0.3 is 20.4 Å². The SMILES string of the molecule is C[C@H](CO)[C@H](O)[C@@H](O)/C=C(\Cc1ccccc1)C(=O)O. The van der Waals surface area contributed by atoms with Gasteiger partial charge in [-0.3, -0.25) is 0 Å². The topological polar surface area (TPSA) is 98.0 Å². The zero-order valence-electron chi connectivity index (χ0n) is 11.3. The average Bonchev–Trinajstić information content (AvgIpc) is 2.45. The maximum Gasteiger partial charge on any atom is 0.331 e. The van der Waals surface area contributed by atoms with Crippen LogP contribution in [-0.4, -0.2) is 45.2 Å². The molecule has 20 heavy (non-hydrogen) atoms. The Morgan fingerprint density at radius 3 is 2.35 bits per heavy atom. The molecule has 1 aromatic rings. The van der Waals surface area contributed by atoms with Gasteiger partial charge in [-0.25, -0.2) is 4.79 Å². The van der Waals surface area contributed by atoms with Crippen molar-refractivity contribution in [3.8, 4) is 0 Å². The van der Waals surface area contributed by atoms with Crippen molar-refractivity contribution in [2.45, 2.75) is 25.6 Å². The number of hydrogen-bond donors (Lipinski definition) is 4. The van der Waals surface area contributed by atoms with Gasteiger partial charge in [-0.2, -0.15) is 0 Å². The van der Waals surface area contributed by atoms with Crippen LogP contribution in [0.4, 0.5) is 0 Å². The standard InChI is InChI=1S/C15H20O5/c1-10(9-16)14(18)13(17)8-12(15(19)20)7-11-5-3-2-4-6-11/h2-6,8,10,13-14,16-18H,7,9H2,1H3,(H,19,20)/b12-8+/t10-,13+,14+/m1/s1. The van der Waals surface area contributed by atoms with Crippen LogP contribution in [0, 0.1) is 5.92 Å². The Kier molecular flexibility index (Phi) is 6.38. The van der Waals surface area contributed by atoms with Gasteiger partial charge in [0.1, 0.15) is 0 Å². The molecule has 0 unspecified atom stereocenters. The summed E-state index contributed by atoms with van der Waals surface area (Å²) in [7, 11) is 0. The average molecular weight is 280 g/mol. The fourth-order valence-corrected chi connectivity index (χ4v) is 1.77. The van der Waals surface area contributed by atoms with E-state index >= 15 is 0 Å². The first-order valence-electron chi connectivity index (χ1n) is 6.40. The van der Waals surface area contributed by atoms with Crippen molar-refractivity contribution < 1.29 is 25.2 Å². The van der Waals surface area contributed by atoms with E-state index in [0.717, 1.165) is 11.6 Å². The normalized spacial score (nSPS) is 16.5. The molecule has 0 aliphatic rings. The van der Waals surface area contributed by atoms with Crippen LogP contribution in [0.15, 0.2) is 42.0 Å². The number of aliphatic hydroxyl groups excluding tert-OH is 3. The van der Waals surface area contributed by atoms with E-state index in [1.54, 1.807) is 31.2 Å². The summed E-state index contributed by atoms with van der Waals surface area (Å²) in [6.07, 6.45) is -1.24. The van der Waals surface area contributed by atoms with Crippen molar-refractivity contribution in [1.82, 2.24) is 0 Å². The second-order valence-electron chi connectivity index (χ2n) is 4.80. The van der Waals surface area contributed by atoms with Crippen LogP contribution in [0.2, 0.25) is 0 Å². The highest BCUT2D eigenvalue weighted by atomic mass is 16.4. The number of carboxylic acid groups (broad SMARTS) is 1. The highest BCUT2D eigenvalue weighted by Gasteiger charge is 2.22. The van der Waals surface area contributed by atoms with Gasteiger partial charge in [0.05, 0.1) is 12.2 Å². The Balaban J connectivity index is 2.85. The van der Waals surface area contributed by atoms with Crippen molar-refractivity contribution >= 4 is 5.97 Å². The fraction of sp³-hybridized carbons (Fsp3) is 0.400. The summed E-state index contributed by atoms with van der Waals surface area (Å²) < 4.78 is 0. The third-order valence-electron chi connectivity index (χ3n) is 3.10. The molecule has 3 atom stereocenters. The number of benzene rings is 1. The van der Waals surface area contributed by atoms with Gasteiger partial charge in [0.15, 0.2) is 0 Å². The van der Waals surface area contributed by atoms with Gasteiger partial charge >= 0.3 is 5.97 Å². The van der Waals surface area contributed by atoms with Gasteiger partial charge in [0.2, 0.25) is 0 Å². The van der Waals surface area contributed by atoms with Crippen molar-refractivity contribution in [1.29, 1.82) is 0 Å². The summed E-state index contributed by atoms with van der Waals surface area (Å²) in [5.41, 5.74) is 0.811. The summed E-state index contributed by atoms with van der Waals surface area (Å²) in [4.78, 5) is 11.2. The summed E-state index contributed by atoms with van der Waals surface area (Å²) in [6.45, 7) is 1.28. The lowest BCUT2D eigenvalue weighted by molar-refractivity contribution is -0.132. The first-order chi connectivity index (χ1) is 9.45. The Labute approximate surface area is 117 Å². The minimum Gasteiger partial charge on any atom is -0.478 e. The Bertz CT molecular complexity index is 455. The Morgan fingerprint density at radius 2 is 1.85 bits per heavy atom. The predicted octanol–water partition coefficient (Wildman–Crippen LogP) is 0.590. The van der Waals surface area contributed by atoms with Gasteiger partial charge in [-0.15, -0.1) is 0 Å². The van der Waals surface area contributed by atoms with E-state index in [-0.39, 0.29) is 18.6 Å². The van der Waals surface area contributed by atoms with Crippen LogP contribution in [0.25, 0.3) is 0 Å². The van der Waals surface area contributed by atoms with E-state index in [4.69, 9.17) is 10.2 Å². The third kappa shape index (κ3) is 4.77. The predicted molar refractivity (Wildman–Crippen MR) is 74.1 cm³/mol. The van der Waals surface area contributed by atoms with Gasteiger partial charge in [0.25, 0.3) is 0 Å². The maximum atomic E-state index is 11.2. The number of carbonyl (C=O) groups is 1. The van der Waals surface area contributed by atoms with E-state index in [1.807, 2.05) is 6.07 Å². The van der Waals surface area contributed by atoms with Gasteiger partial charge in [0, 0.05) is 24.5 Å². The molecule has 0 aliphatic carbocycles. The van der Waals surface area contributed by atoms with E-state index in [1.165, 1.54) is 0 Å². The Hall–Kier alpha value is -1.69. The van der Waals surface area contributed by atoms with Crippen LogP contribution in [0.5, 0.6) is 0 Å². The molecule has 0 spiro atoms. The van der Waals surface area contributed by atoms with Crippen LogP contribution >= 0.6 is 0 Å². The number of carboxylic acids is 1. The second-order valence-corrected chi connectivity index (χ2v) is 4.80. The molecule has 0 amide bonds. The molecule has 4 N–H and O–H groups in total. The molecular weight excluding hydrogens is 260 g/mol. The molecule has 0 bridgehead atoms. The summed E-state index contributed by atoms with van der Waals surface area (Å²) in [5, 5.41) is 37.6. The third-order valence-corrected chi connectivity index (χ3v) is 3.10. The van der Waals surface area contributed by atoms with Crippen molar-refractivity contribution in [3.05, 3.63) is 47.5 Å². The molecule has 0 fully saturated rings. The number of aliphatic carboxylic acids is 1. The van der Waals surface area contributed by atoms with E-state index in [2.05, 4.69) is 0 Å². The zero-order valence-corrected chi connectivity index (χ0v) is 11.3. The van der Waals surface area contributed by atoms with Crippen LogP contribution in [0.1, 0.15) is 12.5 Å². The molecule has 0 aromatic heterocycles.